The molecule has 4 aromatic carbocycles. The summed E-state index contributed by atoms with van der Waals surface area (Å²) in [5.41, 5.74) is 3.87. The van der Waals surface area contributed by atoms with Gasteiger partial charge in [0.1, 0.15) is 0 Å². The van der Waals surface area contributed by atoms with Crippen LogP contribution >= 0.6 is 15.9 Å². The number of para-hydroxylation sites is 1. The van der Waals surface area contributed by atoms with Crippen molar-refractivity contribution in [2.75, 3.05) is 11.5 Å². The summed E-state index contributed by atoms with van der Waals surface area (Å²) in [6.45, 7) is -0.630. The molecule has 4 aliphatic rings. The van der Waals surface area contributed by atoms with Gasteiger partial charge in [0.05, 0.1) is 32.3 Å². The summed E-state index contributed by atoms with van der Waals surface area (Å²) in [7, 11) is 0. The van der Waals surface area contributed by atoms with Crippen LogP contribution in [-0.4, -0.2) is 35.1 Å². The van der Waals surface area contributed by atoms with Gasteiger partial charge in [-0.2, -0.15) is 0 Å². The number of amides is 2. The molecule has 1 heterocycles. The molecule has 0 N–H and O–H groups in total. The Morgan fingerprint density at radius 1 is 0.837 bits per heavy atom. The molecule has 10 heteroatoms. The summed E-state index contributed by atoms with van der Waals surface area (Å²) in [6, 6.07) is 26.8. The topological polar surface area (TPSA) is 124 Å². The first-order valence-corrected chi connectivity index (χ1v) is 14.3. The molecule has 2 amide bonds. The predicted octanol–water partition coefficient (Wildman–Crippen LogP) is 5.54. The molecule has 2 atom stereocenters. The highest BCUT2D eigenvalue weighted by Crippen LogP contribution is 2.66. The molecule has 0 radical (unpaired) electrons. The fourth-order valence-corrected chi connectivity index (χ4v) is 8.02. The number of Topliss-reactive ketones (excluding diaryl/α,β-unsaturated/α-hetero) is 1. The number of hydrogen-bond acceptors (Lipinski definition) is 7. The fraction of sp³-hybridized carbons (Fsp3) is 0.152. The van der Waals surface area contributed by atoms with Crippen molar-refractivity contribution in [1.29, 1.82) is 0 Å². The lowest BCUT2D eigenvalue weighted by Crippen LogP contribution is -2.50. The number of nitrogens with zero attached hydrogens (tertiary/aromatic N) is 2. The van der Waals surface area contributed by atoms with E-state index in [-0.39, 0.29) is 28.4 Å². The number of ketones is 1. The van der Waals surface area contributed by atoms with Crippen LogP contribution in [0.4, 0.5) is 11.4 Å². The van der Waals surface area contributed by atoms with E-state index >= 15 is 0 Å². The minimum atomic E-state index is -0.937. The molecule has 4 aromatic rings. The Morgan fingerprint density at radius 3 is 2.05 bits per heavy atom. The van der Waals surface area contributed by atoms with Crippen LogP contribution in [0.15, 0.2) is 97.1 Å². The van der Waals surface area contributed by atoms with E-state index in [0.717, 1.165) is 27.2 Å². The van der Waals surface area contributed by atoms with Crippen LogP contribution in [0.2, 0.25) is 0 Å². The van der Waals surface area contributed by atoms with E-state index in [4.69, 9.17) is 4.74 Å². The lowest BCUT2D eigenvalue weighted by molar-refractivity contribution is -0.384. The van der Waals surface area contributed by atoms with Gasteiger partial charge in [0.25, 0.3) is 5.69 Å². The number of anilines is 1. The zero-order valence-electron chi connectivity index (χ0n) is 22.3. The number of rotatable bonds is 6. The highest BCUT2D eigenvalue weighted by Gasteiger charge is 2.67. The first-order chi connectivity index (χ1) is 20.7. The Balaban J connectivity index is 1.21. The summed E-state index contributed by atoms with van der Waals surface area (Å²) in [5, 5.41) is 10.9. The van der Waals surface area contributed by atoms with Gasteiger partial charge in [0.2, 0.25) is 11.8 Å². The number of imide groups is 1. The van der Waals surface area contributed by atoms with Crippen molar-refractivity contribution in [3.05, 3.63) is 141 Å². The van der Waals surface area contributed by atoms with Gasteiger partial charge in [0.15, 0.2) is 12.4 Å². The Morgan fingerprint density at radius 2 is 1.42 bits per heavy atom. The third-order valence-electron chi connectivity index (χ3n) is 8.61. The van der Waals surface area contributed by atoms with E-state index in [0.29, 0.717) is 0 Å². The third-order valence-corrected chi connectivity index (χ3v) is 9.96. The van der Waals surface area contributed by atoms with Gasteiger partial charge in [0, 0.05) is 23.6 Å². The van der Waals surface area contributed by atoms with E-state index in [1.807, 2.05) is 48.5 Å². The molecular weight excluding hydrogens is 616 g/mol. The van der Waals surface area contributed by atoms with E-state index in [1.165, 1.54) is 36.4 Å². The third kappa shape index (κ3) is 3.82. The normalized spacial score (nSPS) is 22.9. The summed E-state index contributed by atoms with van der Waals surface area (Å²) in [6.07, 6.45) is 0. The zero-order chi connectivity index (χ0) is 30.0. The van der Waals surface area contributed by atoms with Gasteiger partial charge >= 0.3 is 5.97 Å². The first kappa shape index (κ1) is 26.9. The molecule has 0 aromatic heterocycles. The van der Waals surface area contributed by atoms with Crippen LogP contribution in [0, 0.1) is 22.0 Å². The molecule has 0 unspecified atom stereocenters. The number of ether oxygens (including phenoxy) is 1. The molecule has 3 aliphatic carbocycles. The zero-order valence-corrected chi connectivity index (χ0v) is 23.9. The number of esters is 1. The van der Waals surface area contributed by atoms with Crippen molar-refractivity contribution in [1.82, 2.24) is 0 Å². The van der Waals surface area contributed by atoms with Crippen molar-refractivity contribution in [3.63, 3.8) is 0 Å². The average Bonchev–Trinajstić information content (AvgIpc) is 3.30. The Hall–Kier alpha value is -4.96. The quantitative estimate of drug-likeness (QED) is 0.0680. The maximum Gasteiger partial charge on any atom is 0.340 e. The number of benzene rings is 4. The van der Waals surface area contributed by atoms with E-state index < -0.39 is 51.3 Å². The van der Waals surface area contributed by atoms with Crippen LogP contribution in [0.1, 0.15) is 48.9 Å². The van der Waals surface area contributed by atoms with Crippen molar-refractivity contribution < 1.29 is 28.8 Å². The van der Waals surface area contributed by atoms with Crippen LogP contribution in [-0.2, 0) is 18.7 Å². The van der Waals surface area contributed by atoms with Gasteiger partial charge in [-0.1, -0.05) is 76.6 Å². The molecule has 9 nitrogen and oxygen atoms in total. The maximum absolute atomic E-state index is 14.3. The number of carbonyl (C=O) groups is 4. The minimum absolute atomic E-state index is 0.0367. The molecule has 2 bridgehead atoms. The van der Waals surface area contributed by atoms with Crippen molar-refractivity contribution in [2.24, 2.45) is 11.8 Å². The largest absolute Gasteiger partial charge is 0.454 e. The maximum atomic E-state index is 14.3. The van der Waals surface area contributed by atoms with Crippen molar-refractivity contribution in [2.45, 2.75) is 10.2 Å². The number of hydrogen-bond donors (Lipinski definition) is 0. The summed E-state index contributed by atoms with van der Waals surface area (Å²) < 4.78 is 4.37. The van der Waals surface area contributed by atoms with Crippen LogP contribution < -0.4 is 4.90 Å². The number of nitro groups is 1. The Bertz CT molecular complexity index is 1840. The first-order valence-electron chi connectivity index (χ1n) is 13.5. The highest BCUT2D eigenvalue weighted by molar-refractivity contribution is 9.09. The molecule has 1 saturated heterocycles. The van der Waals surface area contributed by atoms with Gasteiger partial charge in [-0.05, 0) is 46.5 Å². The second-order valence-electron chi connectivity index (χ2n) is 10.7. The molecule has 0 saturated carbocycles. The molecule has 43 heavy (non-hydrogen) atoms. The van der Waals surface area contributed by atoms with Crippen LogP contribution in [0.3, 0.4) is 0 Å². The SMILES string of the molecule is O=C(COC(=O)c1ccccc1N1C(=O)[C@H]2C3c4ccccc4C(Br)(c4ccccc43)[C@H]2C1=O)c1ccc([N+](=O)[O-])cc1. The molecule has 1 aliphatic heterocycles. The molecule has 1 fully saturated rings. The molecule has 212 valence electrons. The van der Waals surface area contributed by atoms with Gasteiger partial charge < -0.3 is 4.74 Å². The lowest BCUT2D eigenvalue weighted by Gasteiger charge is -2.51. The summed E-state index contributed by atoms with van der Waals surface area (Å²) >= 11 is 3.96. The van der Waals surface area contributed by atoms with Gasteiger partial charge in [-0.15, -0.1) is 0 Å². The summed E-state index contributed by atoms with van der Waals surface area (Å²) in [4.78, 5) is 65.8. The van der Waals surface area contributed by atoms with E-state index in [9.17, 15) is 29.3 Å². The van der Waals surface area contributed by atoms with Crippen LogP contribution in [0.25, 0.3) is 0 Å². The van der Waals surface area contributed by atoms with Gasteiger partial charge in [-0.3, -0.25) is 24.5 Å². The van der Waals surface area contributed by atoms with Gasteiger partial charge in [-0.25, -0.2) is 9.69 Å². The summed E-state index contributed by atoms with van der Waals surface area (Å²) in [5.74, 6) is -4.06. The highest BCUT2D eigenvalue weighted by atomic mass is 79.9. The number of carbonyl (C=O) groups excluding carboxylic acids is 4. The second kappa shape index (κ2) is 9.81. The molecule has 8 rings (SSSR count). The minimum Gasteiger partial charge on any atom is -0.454 e. The van der Waals surface area contributed by atoms with Crippen molar-refractivity contribution >= 4 is 50.9 Å². The second-order valence-corrected chi connectivity index (χ2v) is 12.0. The number of nitro benzene ring substituents is 1. The Kier molecular flexibility index (Phi) is 6.14. The number of non-ortho nitro benzene ring substituents is 1. The molecule has 0 spiro atoms. The number of halogens is 1. The lowest BCUT2D eigenvalue weighted by atomic mass is 9.55. The average molecular weight is 637 g/mol. The Labute approximate surface area is 253 Å². The van der Waals surface area contributed by atoms with Crippen molar-refractivity contribution in [3.8, 4) is 0 Å². The molecular formula is C33H21BrN2O7. The monoisotopic (exact) mass is 636 g/mol. The van der Waals surface area contributed by atoms with E-state index in [2.05, 4.69) is 15.9 Å². The van der Waals surface area contributed by atoms with Crippen LogP contribution in [0.5, 0.6) is 0 Å². The number of alkyl halides is 1. The smallest absolute Gasteiger partial charge is 0.340 e. The fourth-order valence-electron chi connectivity index (χ4n) is 6.82. The predicted molar refractivity (Wildman–Crippen MR) is 158 cm³/mol. The standard InChI is InChI=1S/C33H21BrN2O7/c34-33-23-10-4-1-7-20(23)27(21-8-2-5-11-24(21)33)28-29(33)31(39)35(30(28)38)25-12-6-3-9-22(25)32(40)43-17-26(37)18-13-15-19(16-14-18)36(41)42/h1-16,27-29H,17H2/t27?,28-,29+,33?/m0/s1. The van der Waals surface area contributed by atoms with E-state index in [1.54, 1.807) is 12.1 Å².